The van der Waals surface area contributed by atoms with Gasteiger partial charge in [-0.2, -0.15) is 5.10 Å². The highest BCUT2D eigenvalue weighted by Gasteiger charge is 2.13. The SMILES string of the molecule is O=C(Nc1ccc(Nc2cc(N3CCOCC3)cnn2)cc1)c1ccc2ncsc2c1. The van der Waals surface area contributed by atoms with Crippen LogP contribution in [-0.4, -0.2) is 47.4 Å². The lowest BCUT2D eigenvalue weighted by Crippen LogP contribution is -2.36. The Hall–Kier alpha value is -3.56. The molecule has 0 atom stereocenters. The van der Waals surface area contributed by atoms with E-state index < -0.39 is 0 Å². The molecule has 0 saturated carbocycles. The Morgan fingerprint density at radius 2 is 1.84 bits per heavy atom. The molecule has 9 heteroatoms. The molecule has 1 amide bonds. The lowest BCUT2D eigenvalue weighted by Gasteiger charge is -2.28. The molecule has 8 nitrogen and oxygen atoms in total. The van der Waals surface area contributed by atoms with Crippen LogP contribution in [0, 0.1) is 0 Å². The van der Waals surface area contributed by atoms with Gasteiger partial charge in [0, 0.05) is 36.1 Å². The van der Waals surface area contributed by atoms with E-state index in [1.807, 2.05) is 42.5 Å². The molecule has 4 aromatic rings. The van der Waals surface area contributed by atoms with E-state index in [1.165, 1.54) is 11.3 Å². The van der Waals surface area contributed by atoms with Crippen molar-refractivity contribution < 1.29 is 9.53 Å². The normalized spacial score (nSPS) is 13.9. The van der Waals surface area contributed by atoms with E-state index in [0.717, 1.165) is 47.9 Å². The van der Waals surface area contributed by atoms with E-state index in [4.69, 9.17) is 4.74 Å². The van der Waals surface area contributed by atoms with E-state index >= 15 is 0 Å². The summed E-state index contributed by atoms with van der Waals surface area (Å²) in [5.74, 6) is 0.513. The zero-order valence-corrected chi connectivity index (χ0v) is 17.4. The summed E-state index contributed by atoms with van der Waals surface area (Å²) in [7, 11) is 0. The van der Waals surface area contributed by atoms with Gasteiger partial charge < -0.3 is 20.3 Å². The number of benzene rings is 2. The summed E-state index contributed by atoms with van der Waals surface area (Å²) in [6.07, 6.45) is 1.76. The van der Waals surface area contributed by atoms with Crippen molar-refractivity contribution in [3.05, 3.63) is 65.8 Å². The first-order valence-corrected chi connectivity index (χ1v) is 10.8. The number of hydrogen-bond donors (Lipinski definition) is 2. The van der Waals surface area contributed by atoms with Crippen LogP contribution in [0.4, 0.5) is 22.9 Å². The average Bonchev–Trinajstić information content (AvgIpc) is 3.29. The molecular weight excluding hydrogens is 412 g/mol. The third-order valence-electron chi connectivity index (χ3n) is 5.02. The molecule has 1 aliphatic rings. The molecule has 0 aliphatic carbocycles. The van der Waals surface area contributed by atoms with Gasteiger partial charge in [0.1, 0.15) is 0 Å². The number of nitrogens with one attached hydrogen (secondary N) is 2. The smallest absolute Gasteiger partial charge is 0.255 e. The Morgan fingerprint density at radius 1 is 1.03 bits per heavy atom. The van der Waals surface area contributed by atoms with Gasteiger partial charge in [-0.3, -0.25) is 4.79 Å². The van der Waals surface area contributed by atoms with Gasteiger partial charge in [0.15, 0.2) is 5.82 Å². The lowest BCUT2D eigenvalue weighted by molar-refractivity contribution is 0.102. The summed E-state index contributed by atoms with van der Waals surface area (Å²) < 4.78 is 6.40. The fraction of sp³-hybridized carbons (Fsp3) is 0.182. The van der Waals surface area contributed by atoms with Crippen molar-refractivity contribution in [3.63, 3.8) is 0 Å². The number of aromatic nitrogens is 3. The first-order chi connectivity index (χ1) is 15.2. The zero-order valence-electron chi connectivity index (χ0n) is 16.6. The number of morpholine rings is 1. The predicted octanol–water partition coefficient (Wildman–Crippen LogP) is 3.92. The fourth-order valence-corrected chi connectivity index (χ4v) is 4.11. The summed E-state index contributed by atoms with van der Waals surface area (Å²) in [4.78, 5) is 19.0. The third-order valence-corrected chi connectivity index (χ3v) is 5.82. The molecule has 1 saturated heterocycles. The highest BCUT2D eigenvalue weighted by molar-refractivity contribution is 7.16. The van der Waals surface area contributed by atoms with Crippen molar-refractivity contribution in [2.24, 2.45) is 0 Å². The molecule has 1 fully saturated rings. The Balaban J connectivity index is 1.24. The first-order valence-electron chi connectivity index (χ1n) is 9.92. The van der Waals surface area contributed by atoms with Gasteiger partial charge in [0.05, 0.1) is 40.8 Å². The van der Waals surface area contributed by atoms with Crippen LogP contribution in [0.5, 0.6) is 0 Å². The van der Waals surface area contributed by atoms with Crippen molar-refractivity contribution in [3.8, 4) is 0 Å². The largest absolute Gasteiger partial charge is 0.378 e. The molecule has 2 aromatic carbocycles. The standard InChI is InChI=1S/C22H20N6O2S/c29-22(15-1-6-19-20(11-15)31-14-23-19)26-17-4-2-16(3-5-17)25-21-12-18(13-24-27-21)28-7-9-30-10-8-28/h1-6,11-14H,7-10H2,(H,25,27)(H,26,29). The number of fused-ring (bicyclic) bond motifs is 1. The van der Waals surface area contributed by atoms with Gasteiger partial charge in [-0.15, -0.1) is 16.4 Å². The van der Waals surface area contributed by atoms with Crippen molar-refractivity contribution >= 4 is 50.3 Å². The predicted molar refractivity (Wildman–Crippen MR) is 122 cm³/mol. The molecule has 0 bridgehead atoms. The minimum Gasteiger partial charge on any atom is -0.378 e. The number of amides is 1. The van der Waals surface area contributed by atoms with Gasteiger partial charge in [0.2, 0.25) is 0 Å². The number of rotatable bonds is 5. The van der Waals surface area contributed by atoms with E-state index in [9.17, 15) is 4.79 Å². The number of hydrogen-bond acceptors (Lipinski definition) is 8. The molecule has 3 heterocycles. The second-order valence-corrected chi connectivity index (χ2v) is 7.98. The van der Waals surface area contributed by atoms with Gasteiger partial charge in [-0.05, 0) is 42.5 Å². The zero-order chi connectivity index (χ0) is 21.0. The van der Waals surface area contributed by atoms with E-state index in [2.05, 4.69) is 30.7 Å². The molecule has 156 valence electrons. The Labute approximate surface area is 182 Å². The molecule has 0 spiro atoms. The maximum absolute atomic E-state index is 12.6. The van der Waals surface area contributed by atoms with Crippen molar-refractivity contribution in [2.75, 3.05) is 41.8 Å². The first kappa shape index (κ1) is 19.4. The van der Waals surface area contributed by atoms with Crippen molar-refractivity contribution in [1.82, 2.24) is 15.2 Å². The highest BCUT2D eigenvalue weighted by atomic mass is 32.1. The highest BCUT2D eigenvalue weighted by Crippen LogP contribution is 2.23. The van der Waals surface area contributed by atoms with Crippen molar-refractivity contribution in [2.45, 2.75) is 0 Å². The second kappa shape index (κ2) is 8.66. The molecule has 31 heavy (non-hydrogen) atoms. The number of thiazole rings is 1. The van der Waals surface area contributed by atoms with E-state index in [1.54, 1.807) is 17.8 Å². The molecular formula is C22H20N6O2S. The van der Waals surface area contributed by atoms with Gasteiger partial charge in [-0.25, -0.2) is 4.98 Å². The minimum atomic E-state index is -0.153. The van der Waals surface area contributed by atoms with Crippen LogP contribution < -0.4 is 15.5 Å². The van der Waals surface area contributed by atoms with Crippen LogP contribution in [-0.2, 0) is 4.74 Å². The van der Waals surface area contributed by atoms with Crippen LogP contribution in [0.15, 0.2) is 60.2 Å². The molecule has 2 N–H and O–H groups in total. The topological polar surface area (TPSA) is 92.3 Å². The third kappa shape index (κ3) is 4.47. The number of carbonyl (C=O) groups is 1. The maximum atomic E-state index is 12.6. The monoisotopic (exact) mass is 432 g/mol. The summed E-state index contributed by atoms with van der Waals surface area (Å²) in [5.41, 5.74) is 5.87. The fourth-order valence-electron chi connectivity index (χ4n) is 3.40. The van der Waals surface area contributed by atoms with E-state index in [-0.39, 0.29) is 5.91 Å². The average molecular weight is 433 g/mol. The van der Waals surface area contributed by atoms with Crippen LogP contribution in [0.3, 0.4) is 0 Å². The van der Waals surface area contributed by atoms with Crippen LogP contribution in [0.1, 0.15) is 10.4 Å². The summed E-state index contributed by atoms with van der Waals surface area (Å²) >= 11 is 1.52. The summed E-state index contributed by atoms with van der Waals surface area (Å²) in [5, 5.41) is 14.5. The van der Waals surface area contributed by atoms with E-state index in [0.29, 0.717) is 17.1 Å². The molecule has 1 aliphatic heterocycles. The van der Waals surface area contributed by atoms with Crippen LogP contribution in [0.25, 0.3) is 10.2 Å². The number of carbonyl (C=O) groups excluding carboxylic acids is 1. The van der Waals surface area contributed by atoms with Crippen LogP contribution in [0.2, 0.25) is 0 Å². The van der Waals surface area contributed by atoms with Crippen molar-refractivity contribution in [1.29, 1.82) is 0 Å². The second-order valence-electron chi connectivity index (χ2n) is 7.09. The molecule has 0 radical (unpaired) electrons. The number of nitrogens with zero attached hydrogens (tertiary/aromatic N) is 4. The molecule has 5 rings (SSSR count). The number of ether oxygens (including phenoxy) is 1. The molecule has 2 aromatic heterocycles. The number of anilines is 4. The quantitative estimate of drug-likeness (QED) is 0.494. The van der Waals surface area contributed by atoms with Gasteiger partial charge in [0.25, 0.3) is 5.91 Å². The van der Waals surface area contributed by atoms with Gasteiger partial charge in [-0.1, -0.05) is 0 Å². The lowest BCUT2D eigenvalue weighted by atomic mass is 10.2. The summed E-state index contributed by atoms with van der Waals surface area (Å²) in [6.45, 7) is 3.12. The minimum absolute atomic E-state index is 0.153. The van der Waals surface area contributed by atoms with Crippen LogP contribution >= 0.6 is 11.3 Å². The maximum Gasteiger partial charge on any atom is 0.255 e. The van der Waals surface area contributed by atoms with Gasteiger partial charge >= 0.3 is 0 Å². The molecule has 0 unspecified atom stereocenters. The Morgan fingerprint density at radius 3 is 2.68 bits per heavy atom. The Kier molecular flexibility index (Phi) is 5.42. The Bertz CT molecular complexity index is 1200. The summed E-state index contributed by atoms with van der Waals surface area (Å²) in [6, 6.07) is 15.0.